The Hall–Kier alpha value is -2.90. The van der Waals surface area contributed by atoms with Crippen molar-refractivity contribution in [1.29, 1.82) is 0 Å². The van der Waals surface area contributed by atoms with Crippen molar-refractivity contribution >= 4 is 39.1 Å². The number of carbonyl (C=O) groups is 1. The fourth-order valence-electron chi connectivity index (χ4n) is 3.13. The summed E-state index contributed by atoms with van der Waals surface area (Å²) in [5, 5.41) is 7.97. The van der Waals surface area contributed by atoms with Crippen molar-refractivity contribution < 1.29 is 9.21 Å². The third-order valence-electron chi connectivity index (χ3n) is 4.49. The van der Waals surface area contributed by atoms with Gasteiger partial charge in [0.15, 0.2) is 11.5 Å². The molecule has 3 aromatic rings. The summed E-state index contributed by atoms with van der Waals surface area (Å²) in [7, 11) is 0. The van der Waals surface area contributed by atoms with Crippen molar-refractivity contribution in [3.05, 3.63) is 58.6 Å². The molecule has 2 N–H and O–H groups in total. The molecular weight excluding hydrogens is 362 g/mol. The zero-order chi connectivity index (χ0) is 18.8. The maximum atomic E-state index is 12.6. The number of hydrogen-bond acceptors (Lipinski definition) is 6. The molecule has 0 unspecified atom stereocenters. The van der Waals surface area contributed by atoms with E-state index in [1.807, 2.05) is 29.6 Å². The van der Waals surface area contributed by atoms with Gasteiger partial charge in [0, 0.05) is 48.9 Å². The van der Waals surface area contributed by atoms with E-state index in [4.69, 9.17) is 4.42 Å². The van der Waals surface area contributed by atoms with E-state index in [9.17, 15) is 9.59 Å². The van der Waals surface area contributed by atoms with E-state index in [0.29, 0.717) is 21.9 Å². The Bertz CT molecular complexity index is 1060. The van der Waals surface area contributed by atoms with Crippen LogP contribution in [0.4, 0.5) is 11.6 Å². The number of nitrogens with one attached hydrogen (secondary N) is 2. The fourth-order valence-corrected chi connectivity index (χ4v) is 4.04. The molecule has 0 atom stereocenters. The standard InChI is InChI=1S/C20H19N3O3S/c1-2-17(25)22-14-5-3-4-13(10-14)15-12-27-20-16(24)11-18(26-19(15)20)23-8-6-21-7-9-23/h2-5,10-12,21H,1,6-9H2,(H,22,25). The molecule has 0 aliphatic carbocycles. The Morgan fingerprint density at radius 3 is 2.89 bits per heavy atom. The van der Waals surface area contributed by atoms with Crippen molar-refractivity contribution in [3.8, 4) is 11.1 Å². The zero-order valence-electron chi connectivity index (χ0n) is 14.7. The molecule has 7 heteroatoms. The Morgan fingerprint density at radius 2 is 2.11 bits per heavy atom. The molecule has 1 aliphatic heterocycles. The van der Waals surface area contributed by atoms with Gasteiger partial charge in [-0.25, -0.2) is 0 Å². The third kappa shape index (κ3) is 3.51. The van der Waals surface area contributed by atoms with Crippen LogP contribution in [0.5, 0.6) is 0 Å². The summed E-state index contributed by atoms with van der Waals surface area (Å²) in [6.45, 7) is 6.80. The summed E-state index contributed by atoms with van der Waals surface area (Å²) in [6, 6.07) is 9.04. The number of anilines is 2. The van der Waals surface area contributed by atoms with Crippen LogP contribution in [0.1, 0.15) is 0 Å². The minimum absolute atomic E-state index is 0.0304. The monoisotopic (exact) mass is 381 g/mol. The first kappa shape index (κ1) is 17.5. The van der Waals surface area contributed by atoms with Crippen LogP contribution in [-0.4, -0.2) is 32.1 Å². The lowest BCUT2D eigenvalue weighted by atomic mass is 10.1. The first-order valence-electron chi connectivity index (χ1n) is 8.70. The van der Waals surface area contributed by atoms with Crippen LogP contribution in [0.2, 0.25) is 0 Å². The smallest absolute Gasteiger partial charge is 0.247 e. The summed E-state index contributed by atoms with van der Waals surface area (Å²) in [4.78, 5) is 26.2. The molecular formula is C20H19N3O3S. The molecule has 0 spiro atoms. The van der Waals surface area contributed by atoms with Crippen LogP contribution in [-0.2, 0) is 4.79 Å². The van der Waals surface area contributed by atoms with Crippen molar-refractivity contribution in [2.75, 3.05) is 36.4 Å². The van der Waals surface area contributed by atoms with E-state index in [2.05, 4.69) is 22.1 Å². The van der Waals surface area contributed by atoms with Gasteiger partial charge in [-0.1, -0.05) is 18.7 Å². The summed E-state index contributed by atoms with van der Waals surface area (Å²) in [5.74, 6) is 0.333. The maximum Gasteiger partial charge on any atom is 0.247 e. The van der Waals surface area contributed by atoms with Gasteiger partial charge in [-0.3, -0.25) is 9.59 Å². The average molecular weight is 381 g/mol. The largest absolute Gasteiger partial charge is 0.439 e. The number of hydrogen-bond donors (Lipinski definition) is 2. The minimum atomic E-state index is -0.269. The molecule has 0 bridgehead atoms. The Morgan fingerprint density at radius 1 is 1.30 bits per heavy atom. The van der Waals surface area contributed by atoms with Gasteiger partial charge in [-0.2, -0.15) is 0 Å². The predicted octanol–water partition coefficient (Wildman–Crippen LogP) is 3.06. The highest BCUT2D eigenvalue weighted by molar-refractivity contribution is 7.17. The topological polar surface area (TPSA) is 74.6 Å². The maximum absolute atomic E-state index is 12.6. The lowest BCUT2D eigenvalue weighted by Gasteiger charge is -2.27. The van der Waals surface area contributed by atoms with E-state index in [0.717, 1.165) is 37.3 Å². The van der Waals surface area contributed by atoms with Gasteiger partial charge in [0.25, 0.3) is 0 Å². The summed E-state index contributed by atoms with van der Waals surface area (Å²) < 4.78 is 6.76. The molecule has 1 saturated heterocycles. The van der Waals surface area contributed by atoms with Crippen LogP contribution in [0.3, 0.4) is 0 Å². The number of benzene rings is 1. The molecule has 1 amide bonds. The lowest BCUT2D eigenvalue weighted by molar-refractivity contribution is -0.111. The first-order valence-corrected chi connectivity index (χ1v) is 9.58. The normalized spacial score (nSPS) is 14.3. The highest BCUT2D eigenvalue weighted by Crippen LogP contribution is 2.35. The van der Waals surface area contributed by atoms with Gasteiger partial charge in [-0.05, 0) is 23.8 Å². The molecule has 0 saturated carbocycles. The molecule has 6 nitrogen and oxygen atoms in total. The van der Waals surface area contributed by atoms with E-state index in [1.165, 1.54) is 17.4 Å². The Kier molecular flexibility index (Phi) is 4.79. The quantitative estimate of drug-likeness (QED) is 0.680. The van der Waals surface area contributed by atoms with Gasteiger partial charge < -0.3 is 20.0 Å². The van der Waals surface area contributed by atoms with E-state index < -0.39 is 0 Å². The highest BCUT2D eigenvalue weighted by atomic mass is 32.1. The Labute approximate surface area is 160 Å². The SMILES string of the molecule is C=CC(=O)Nc1cccc(-c2csc3c(=O)cc(N4CCNCC4)oc23)c1. The van der Waals surface area contributed by atoms with E-state index in [1.54, 1.807) is 6.07 Å². The van der Waals surface area contributed by atoms with Crippen molar-refractivity contribution in [2.24, 2.45) is 0 Å². The summed E-state index contributed by atoms with van der Waals surface area (Å²) in [5.41, 5.74) is 2.95. The first-order chi connectivity index (χ1) is 13.2. The van der Waals surface area contributed by atoms with Gasteiger partial charge >= 0.3 is 0 Å². The van der Waals surface area contributed by atoms with E-state index >= 15 is 0 Å². The molecule has 2 aromatic heterocycles. The number of thiophene rings is 1. The summed E-state index contributed by atoms with van der Waals surface area (Å²) in [6.07, 6.45) is 1.23. The molecule has 3 heterocycles. The van der Waals surface area contributed by atoms with Gasteiger partial charge in [0.2, 0.25) is 11.3 Å². The number of piperazine rings is 1. The van der Waals surface area contributed by atoms with Crippen LogP contribution in [0, 0.1) is 0 Å². The molecule has 4 rings (SSSR count). The number of rotatable bonds is 4. The molecule has 138 valence electrons. The Balaban J connectivity index is 1.77. The van der Waals surface area contributed by atoms with Crippen LogP contribution >= 0.6 is 11.3 Å². The second-order valence-electron chi connectivity index (χ2n) is 6.27. The third-order valence-corrected chi connectivity index (χ3v) is 5.46. The van der Waals surface area contributed by atoms with Crippen molar-refractivity contribution in [3.63, 3.8) is 0 Å². The van der Waals surface area contributed by atoms with Crippen LogP contribution in [0.25, 0.3) is 21.4 Å². The second-order valence-corrected chi connectivity index (χ2v) is 7.15. The van der Waals surface area contributed by atoms with Crippen LogP contribution < -0.4 is 21.0 Å². The van der Waals surface area contributed by atoms with Gasteiger partial charge in [-0.15, -0.1) is 11.3 Å². The second kappa shape index (κ2) is 7.38. The molecule has 1 aliphatic rings. The van der Waals surface area contributed by atoms with Gasteiger partial charge in [0.05, 0.1) is 0 Å². The minimum Gasteiger partial charge on any atom is -0.439 e. The van der Waals surface area contributed by atoms with Crippen LogP contribution in [0.15, 0.2) is 57.6 Å². The molecule has 27 heavy (non-hydrogen) atoms. The number of amides is 1. The number of carbonyl (C=O) groups excluding carboxylic acids is 1. The van der Waals surface area contributed by atoms with Crippen molar-refractivity contribution in [2.45, 2.75) is 0 Å². The molecule has 1 aromatic carbocycles. The van der Waals surface area contributed by atoms with E-state index in [-0.39, 0.29) is 11.3 Å². The highest BCUT2D eigenvalue weighted by Gasteiger charge is 2.18. The fraction of sp³-hybridized carbons (Fsp3) is 0.200. The summed E-state index contributed by atoms with van der Waals surface area (Å²) >= 11 is 1.37. The average Bonchev–Trinajstić information content (AvgIpc) is 3.13. The number of nitrogens with zero attached hydrogens (tertiary/aromatic N) is 1. The molecule has 1 fully saturated rings. The zero-order valence-corrected chi connectivity index (χ0v) is 15.5. The molecule has 0 radical (unpaired) electrons. The predicted molar refractivity (Wildman–Crippen MR) is 110 cm³/mol. The lowest BCUT2D eigenvalue weighted by Crippen LogP contribution is -2.43. The number of fused-ring (bicyclic) bond motifs is 1. The van der Waals surface area contributed by atoms with Crippen molar-refractivity contribution in [1.82, 2.24) is 5.32 Å². The van der Waals surface area contributed by atoms with Gasteiger partial charge in [0.1, 0.15) is 4.70 Å².